The zero-order valence-corrected chi connectivity index (χ0v) is 17.0. The zero-order valence-electron chi connectivity index (χ0n) is 14.7. The predicted octanol–water partition coefficient (Wildman–Crippen LogP) is 7.34. The van der Waals surface area contributed by atoms with Gasteiger partial charge in [-0.3, -0.25) is 4.98 Å². The van der Waals surface area contributed by atoms with Gasteiger partial charge >= 0.3 is 0 Å². The summed E-state index contributed by atoms with van der Waals surface area (Å²) < 4.78 is 15.2. The van der Waals surface area contributed by atoms with Gasteiger partial charge in [0.25, 0.3) is 0 Å². The molecule has 0 bridgehead atoms. The minimum atomic E-state index is -0.311. The van der Waals surface area contributed by atoms with E-state index in [-0.39, 0.29) is 5.82 Å². The lowest BCUT2D eigenvalue weighted by atomic mass is 10.1. The van der Waals surface area contributed by atoms with Crippen LogP contribution in [0.5, 0.6) is 0 Å². The normalized spacial score (nSPS) is 11.4. The molecule has 0 N–H and O–H groups in total. The molecular weight excluding hydrogens is 432 g/mol. The molecule has 3 aromatic carbocycles. The Hall–Kier alpha value is -2.66. The van der Waals surface area contributed by atoms with Crippen molar-refractivity contribution in [2.24, 2.45) is 0 Å². The molecule has 0 atom stereocenters. The number of pyridine rings is 1. The second-order valence-electron chi connectivity index (χ2n) is 6.54. The Balaban J connectivity index is 1.92. The van der Waals surface area contributed by atoms with Crippen LogP contribution in [0.4, 0.5) is 4.39 Å². The van der Waals surface area contributed by atoms with E-state index in [0.717, 1.165) is 27.4 Å². The van der Waals surface area contributed by atoms with E-state index in [4.69, 9.17) is 39.9 Å². The molecule has 7 heteroatoms. The molecule has 0 spiro atoms. The first-order valence-electron chi connectivity index (χ1n) is 8.69. The van der Waals surface area contributed by atoms with E-state index in [1.54, 1.807) is 41.2 Å². The van der Waals surface area contributed by atoms with E-state index in [1.165, 1.54) is 12.1 Å². The molecule has 142 valence electrons. The van der Waals surface area contributed by atoms with Crippen LogP contribution in [-0.2, 0) is 0 Å². The van der Waals surface area contributed by atoms with Gasteiger partial charge in [0.05, 0.1) is 21.7 Å². The van der Waals surface area contributed by atoms with Crippen LogP contribution in [-0.4, -0.2) is 14.8 Å². The van der Waals surface area contributed by atoms with Crippen molar-refractivity contribution in [3.63, 3.8) is 0 Å². The van der Waals surface area contributed by atoms with Crippen molar-refractivity contribution in [2.45, 2.75) is 0 Å². The first-order valence-corrected chi connectivity index (χ1v) is 9.83. The standard InChI is InChI=1S/C22H11Cl3FN3/c23-13-3-7-19-16(9-13)22-17(11-27-19)21(12-1-5-15(26)6-2-12)28-29(22)20-8-4-14(24)10-18(20)25/h1-11H. The molecule has 0 aliphatic carbocycles. The fraction of sp³-hybridized carbons (Fsp3) is 0. The van der Waals surface area contributed by atoms with Gasteiger partial charge in [-0.05, 0) is 60.7 Å². The number of hydrogen-bond donors (Lipinski definition) is 0. The Kier molecular flexibility index (Phi) is 4.43. The summed E-state index contributed by atoms with van der Waals surface area (Å²) >= 11 is 18.8. The van der Waals surface area contributed by atoms with Crippen LogP contribution in [0.2, 0.25) is 15.1 Å². The van der Waals surface area contributed by atoms with Gasteiger partial charge in [-0.2, -0.15) is 5.10 Å². The van der Waals surface area contributed by atoms with Gasteiger partial charge in [-0.1, -0.05) is 34.8 Å². The van der Waals surface area contributed by atoms with Gasteiger partial charge in [0.2, 0.25) is 0 Å². The molecule has 29 heavy (non-hydrogen) atoms. The summed E-state index contributed by atoms with van der Waals surface area (Å²) in [7, 11) is 0. The number of halogens is 4. The molecule has 0 aliphatic rings. The number of fused-ring (bicyclic) bond motifs is 3. The zero-order chi connectivity index (χ0) is 20.1. The molecule has 0 aliphatic heterocycles. The van der Waals surface area contributed by atoms with Crippen LogP contribution in [0.25, 0.3) is 38.8 Å². The molecule has 5 rings (SSSR count). The summed E-state index contributed by atoms with van der Waals surface area (Å²) in [5, 5.41) is 8.03. The molecule has 5 aromatic rings. The molecule has 0 fully saturated rings. The summed E-state index contributed by atoms with van der Waals surface area (Å²) in [4.78, 5) is 4.56. The average molecular weight is 443 g/mol. The fourth-order valence-corrected chi connectivity index (χ4v) is 4.07. The number of rotatable bonds is 2. The lowest BCUT2D eigenvalue weighted by Gasteiger charge is -2.08. The monoisotopic (exact) mass is 441 g/mol. The van der Waals surface area contributed by atoms with E-state index in [2.05, 4.69) is 4.98 Å². The second-order valence-corrected chi connectivity index (χ2v) is 7.83. The van der Waals surface area contributed by atoms with E-state index < -0.39 is 0 Å². The molecule has 2 heterocycles. The second kappa shape index (κ2) is 6.99. The van der Waals surface area contributed by atoms with Gasteiger partial charge in [0.1, 0.15) is 11.5 Å². The minimum Gasteiger partial charge on any atom is -0.255 e. The number of nitrogens with zero attached hydrogens (tertiary/aromatic N) is 3. The van der Waals surface area contributed by atoms with E-state index in [9.17, 15) is 4.39 Å². The van der Waals surface area contributed by atoms with Crippen LogP contribution in [0.15, 0.2) is 66.9 Å². The SMILES string of the molecule is Fc1ccc(-c2nn(-c3ccc(Cl)cc3Cl)c3c2cnc2ccc(Cl)cc23)cc1. The van der Waals surface area contributed by atoms with Crippen molar-refractivity contribution in [1.82, 2.24) is 14.8 Å². The molecule has 3 nitrogen and oxygen atoms in total. The quantitative estimate of drug-likeness (QED) is 0.286. The van der Waals surface area contributed by atoms with Crippen molar-refractivity contribution in [1.29, 1.82) is 0 Å². The summed E-state index contributed by atoms with van der Waals surface area (Å²) in [6, 6.07) is 16.9. The topological polar surface area (TPSA) is 30.7 Å². The first kappa shape index (κ1) is 18.4. The van der Waals surface area contributed by atoms with E-state index in [0.29, 0.717) is 26.4 Å². The van der Waals surface area contributed by atoms with Crippen molar-refractivity contribution in [3.05, 3.63) is 87.7 Å². The Bertz CT molecular complexity index is 1390. The number of aromatic nitrogens is 3. The summed E-state index contributed by atoms with van der Waals surface area (Å²) in [5.74, 6) is -0.311. The third kappa shape index (κ3) is 3.14. The van der Waals surface area contributed by atoms with E-state index >= 15 is 0 Å². The summed E-state index contributed by atoms with van der Waals surface area (Å²) in [6.45, 7) is 0. The largest absolute Gasteiger partial charge is 0.255 e. The van der Waals surface area contributed by atoms with Crippen molar-refractivity contribution >= 4 is 56.6 Å². The summed E-state index contributed by atoms with van der Waals surface area (Å²) in [5.41, 5.74) is 3.69. The lowest BCUT2D eigenvalue weighted by molar-refractivity contribution is 0.628. The van der Waals surface area contributed by atoms with Crippen LogP contribution in [0, 0.1) is 5.82 Å². The lowest BCUT2D eigenvalue weighted by Crippen LogP contribution is -1.98. The fourth-order valence-electron chi connectivity index (χ4n) is 3.40. The molecular formula is C22H11Cl3FN3. The highest BCUT2D eigenvalue weighted by atomic mass is 35.5. The van der Waals surface area contributed by atoms with E-state index in [1.807, 2.05) is 18.2 Å². The van der Waals surface area contributed by atoms with Gasteiger partial charge in [-0.15, -0.1) is 0 Å². The van der Waals surface area contributed by atoms with Gasteiger partial charge in [-0.25, -0.2) is 9.07 Å². The number of hydrogen-bond acceptors (Lipinski definition) is 2. The van der Waals surface area contributed by atoms with Crippen LogP contribution in [0.1, 0.15) is 0 Å². The third-order valence-corrected chi connectivity index (χ3v) is 5.50. The van der Waals surface area contributed by atoms with Crippen molar-refractivity contribution in [3.8, 4) is 16.9 Å². The Morgan fingerprint density at radius 2 is 1.52 bits per heavy atom. The molecule has 0 amide bonds. The predicted molar refractivity (Wildman–Crippen MR) is 117 cm³/mol. The molecule has 0 unspecified atom stereocenters. The highest BCUT2D eigenvalue weighted by Gasteiger charge is 2.19. The van der Waals surface area contributed by atoms with Crippen LogP contribution < -0.4 is 0 Å². The third-order valence-electron chi connectivity index (χ3n) is 4.72. The smallest absolute Gasteiger partial charge is 0.123 e. The Morgan fingerprint density at radius 1 is 0.793 bits per heavy atom. The Morgan fingerprint density at radius 3 is 2.28 bits per heavy atom. The van der Waals surface area contributed by atoms with Crippen LogP contribution >= 0.6 is 34.8 Å². The van der Waals surface area contributed by atoms with Crippen molar-refractivity contribution < 1.29 is 4.39 Å². The molecule has 0 saturated heterocycles. The first-order chi connectivity index (χ1) is 14.0. The maximum atomic E-state index is 13.4. The maximum Gasteiger partial charge on any atom is 0.123 e. The van der Waals surface area contributed by atoms with Crippen molar-refractivity contribution in [2.75, 3.05) is 0 Å². The molecule has 0 radical (unpaired) electrons. The highest BCUT2D eigenvalue weighted by Crippen LogP contribution is 2.36. The van der Waals surface area contributed by atoms with Crippen LogP contribution in [0.3, 0.4) is 0 Å². The van der Waals surface area contributed by atoms with Gasteiger partial charge in [0, 0.05) is 32.6 Å². The maximum absolute atomic E-state index is 13.4. The summed E-state index contributed by atoms with van der Waals surface area (Å²) in [6.07, 6.45) is 1.76. The van der Waals surface area contributed by atoms with Gasteiger partial charge in [0.15, 0.2) is 0 Å². The number of benzene rings is 3. The average Bonchev–Trinajstić information content (AvgIpc) is 3.08. The molecule has 2 aromatic heterocycles. The highest BCUT2D eigenvalue weighted by molar-refractivity contribution is 6.36. The Labute approximate surface area is 180 Å². The minimum absolute atomic E-state index is 0.311. The van der Waals surface area contributed by atoms with Gasteiger partial charge < -0.3 is 0 Å². The molecule has 0 saturated carbocycles.